The van der Waals surface area contributed by atoms with Crippen molar-refractivity contribution in [3.8, 4) is 6.07 Å². The first-order chi connectivity index (χ1) is 9.78. The van der Waals surface area contributed by atoms with E-state index in [0.717, 1.165) is 20.9 Å². The Morgan fingerprint density at radius 1 is 0.950 bits per heavy atom. The highest BCUT2D eigenvalue weighted by Gasteiger charge is 2.05. The summed E-state index contributed by atoms with van der Waals surface area (Å²) in [5, 5.41) is 14.4. The molecule has 0 spiro atoms. The van der Waals surface area contributed by atoms with E-state index in [1.54, 1.807) is 6.07 Å². The van der Waals surface area contributed by atoms with Gasteiger partial charge in [-0.1, -0.05) is 46.3 Å². The van der Waals surface area contributed by atoms with Gasteiger partial charge in [0.15, 0.2) is 0 Å². The number of nitriles is 1. The highest BCUT2D eigenvalue weighted by atomic mass is 79.9. The molecule has 0 aliphatic carbocycles. The molecular weight excluding hydrogens is 314 g/mol. The van der Waals surface area contributed by atoms with Crippen LogP contribution in [0.25, 0.3) is 10.8 Å². The van der Waals surface area contributed by atoms with Gasteiger partial charge in [-0.2, -0.15) is 5.26 Å². The molecule has 0 saturated heterocycles. The highest BCUT2D eigenvalue weighted by Crippen LogP contribution is 2.31. The maximum atomic E-state index is 8.89. The summed E-state index contributed by atoms with van der Waals surface area (Å²) in [5.41, 5.74) is 1.36. The summed E-state index contributed by atoms with van der Waals surface area (Å²) in [4.78, 5) is 4.23. The Morgan fingerprint density at radius 3 is 2.55 bits per heavy atom. The number of aromatic nitrogens is 1. The Labute approximate surface area is 125 Å². The first kappa shape index (κ1) is 12.6. The highest BCUT2D eigenvalue weighted by molar-refractivity contribution is 9.10. The van der Waals surface area contributed by atoms with E-state index in [4.69, 9.17) is 5.26 Å². The molecule has 0 atom stereocenters. The molecule has 20 heavy (non-hydrogen) atoms. The van der Waals surface area contributed by atoms with Crippen LogP contribution in [-0.2, 0) is 0 Å². The predicted molar refractivity (Wildman–Crippen MR) is 83.9 cm³/mol. The largest absolute Gasteiger partial charge is 0.340 e. The number of benzene rings is 2. The Kier molecular flexibility index (Phi) is 3.36. The minimum absolute atomic E-state index is 0.399. The Hall–Kier alpha value is -2.38. The van der Waals surface area contributed by atoms with Gasteiger partial charge < -0.3 is 5.32 Å². The molecule has 3 nitrogen and oxygen atoms in total. The molecule has 0 saturated carbocycles. The van der Waals surface area contributed by atoms with Gasteiger partial charge in [0.2, 0.25) is 0 Å². The second kappa shape index (κ2) is 5.32. The van der Waals surface area contributed by atoms with E-state index in [-0.39, 0.29) is 0 Å². The van der Waals surface area contributed by atoms with Gasteiger partial charge in [0.05, 0.1) is 0 Å². The zero-order valence-corrected chi connectivity index (χ0v) is 12.1. The van der Waals surface area contributed by atoms with E-state index in [1.807, 2.05) is 42.5 Å². The fourth-order valence-corrected chi connectivity index (χ4v) is 2.55. The zero-order chi connectivity index (χ0) is 13.9. The van der Waals surface area contributed by atoms with Gasteiger partial charge in [-0.05, 0) is 29.7 Å². The Bertz CT molecular complexity index is 821. The zero-order valence-electron chi connectivity index (χ0n) is 10.5. The topological polar surface area (TPSA) is 48.7 Å². The second-order valence-corrected chi connectivity index (χ2v) is 5.14. The molecule has 0 aliphatic heterocycles. The average molecular weight is 324 g/mol. The summed E-state index contributed by atoms with van der Waals surface area (Å²) < 4.78 is 1.05. The third-order valence-electron chi connectivity index (χ3n) is 3.00. The first-order valence-electron chi connectivity index (χ1n) is 6.09. The minimum Gasteiger partial charge on any atom is -0.340 e. The van der Waals surface area contributed by atoms with Crippen LogP contribution in [0.1, 0.15) is 5.69 Å². The van der Waals surface area contributed by atoms with Crippen molar-refractivity contribution in [3.05, 3.63) is 64.8 Å². The summed E-state index contributed by atoms with van der Waals surface area (Å²) in [7, 11) is 0. The van der Waals surface area contributed by atoms with Crippen LogP contribution in [0, 0.1) is 11.3 Å². The molecule has 0 bridgehead atoms. The van der Waals surface area contributed by atoms with Crippen molar-refractivity contribution >= 4 is 38.2 Å². The second-order valence-electron chi connectivity index (χ2n) is 4.29. The Morgan fingerprint density at radius 2 is 1.75 bits per heavy atom. The van der Waals surface area contributed by atoms with Gasteiger partial charge in [-0.3, -0.25) is 0 Å². The normalized spacial score (nSPS) is 10.2. The van der Waals surface area contributed by atoms with E-state index in [9.17, 15) is 0 Å². The lowest BCUT2D eigenvalue weighted by Crippen LogP contribution is -1.95. The fourth-order valence-electron chi connectivity index (χ4n) is 2.08. The number of fused-ring (bicyclic) bond motifs is 1. The van der Waals surface area contributed by atoms with Crippen molar-refractivity contribution in [3.63, 3.8) is 0 Å². The van der Waals surface area contributed by atoms with Crippen LogP contribution in [0.5, 0.6) is 0 Å². The SMILES string of the molecule is N#Cc1cccc(Nc2ccc(Br)c3ccccc23)n1. The van der Waals surface area contributed by atoms with Crippen LogP contribution in [0.2, 0.25) is 0 Å². The van der Waals surface area contributed by atoms with E-state index in [0.29, 0.717) is 11.5 Å². The lowest BCUT2D eigenvalue weighted by molar-refractivity contribution is 1.26. The van der Waals surface area contributed by atoms with Crippen molar-refractivity contribution < 1.29 is 0 Å². The summed E-state index contributed by atoms with van der Waals surface area (Å²) >= 11 is 3.55. The molecule has 3 rings (SSSR count). The molecule has 0 unspecified atom stereocenters. The number of nitrogens with one attached hydrogen (secondary N) is 1. The van der Waals surface area contributed by atoms with Crippen LogP contribution in [0.4, 0.5) is 11.5 Å². The summed E-state index contributed by atoms with van der Waals surface area (Å²) in [6.45, 7) is 0. The van der Waals surface area contributed by atoms with Crippen LogP contribution in [0.15, 0.2) is 59.1 Å². The molecule has 1 N–H and O–H groups in total. The summed E-state index contributed by atoms with van der Waals surface area (Å²) in [6.07, 6.45) is 0. The average Bonchev–Trinajstić information content (AvgIpc) is 2.51. The number of hydrogen-bond acceptors (Lipinski definition) is 3. The molecule has 3 aromatic rings. The quantitative estimate of drug-likeness (QED) is 0.749. The molecule has 0 amide bonds. The third-order valence-corrected chi connectivity index (χ3v) is 3.69. The fraction of sp³-hybridized carbons (Fsp3) is 0. The summed E-state index contributed by atoms with van der Waals surface area (Å²) in [5.74, 6) is 0.663. The van der Waals surface area contributed by atoms with Crippen molar-refractivity contribution in [2.24, 2.45) is 0 Å². The molecule has 1 aromatic heterocycles. The molecular formula is C16H10BrN3. The lowest BCUT2D eigenvalue weighted by Gasteiger charge is -2.10. The van der Waals surface area contributed by atoms with Gasteiger partial charge in [0.25, 0.3) is 0 Å². The predicted octanol–water partition coefficient (Wildman–Crippen LogP) is 4.61. The number of anilines is 2. The van der Waals surface area contributed by atoms with Gasteiger partial charge in [-0.15, -0.1) is 0 Å². The van der Waals surface area contributed by atoms with E-state index >= 15 is 0 Å². The number of nitrogens with zero attached hydrogens (tertiary/aromatic N) is 2. The van der Waals surface area contributed by atoms with Crippen LogP contribution in [0.3, 0.4) is 0 Å². The third kappa shape index (κ3) is 2.36. The number of pyridine rings is 1. The maximum absolute atomic E-state index is 8.89. The van der Waals surface area contributed by atoms with Crippen LogP contribution in [-0.4, -0.2) is 4.98 Å². The van der Waals surface area contributed by atoms with Crippen LogP contribution >= 0.6 is 15.9 Å². The standard InChI is InChI=1S/C16H10BrN3/c17-14-8-9-15(13-6-2-1-5-12(13)14)20-16-7-3-4-11(10-18)19-16/h1-9H,(H,19,20). The smallest absolute Gasteiger partial charge is 0.142 e. The van der Waals surface area contributed by atoms with Gasteiger partial charge in [0.1, 0.15) is 17.6 Å². The lowest BCUT2D eigenvalue weighted by atomic mass is 10.1. The molecule has 0 radical (unpaired) electrons. The Balaban J connectivity index is 2.07. The number of rotatable bonds is 2. The maximum Gasteiger partial charge on any atom is 0.142 e. The summed E-state index contributed by atoms with van der Waals surface area (Å²) in [6, 6.07) is 19.5. The van der Waals surface area contributed by atoms with Crippen LogP contribution < -0.4 is 5.32 Å². The molecule has 2 aromatic carbocycles. The van der Waals surface area contributed by atoms with Crippen molar-refractivity contribution in [2.45, 2.75) is 0 Å². The monoisotopic (exact) mass is 323 g/mol. The number of hydrogen-bond donors (Lipinski definition) is 1. The molecule has 1 heterocycles. The molecule has 4 heteroatoms. The molecule has 96 valence electrons. The molecule has 0 aliphatic rings. The van der Waals surface area contributed by atoms with Gasteiger partial charge >= 0.3 is 0 Å². The van der Waals surface area contributed by atoms with E-state index < -0.39 is 0 Å². The first-order valence-corrected chi connectivity index (χ1v) is 6.88. The van der Waals surface area contributed by atoms with Crippen molar-refractivity contribution in [1.29, 1.82) is 5.26 Å². The minimum atomic E-state index is 0.399. The van der Waals surface area contributed by atoms with E-state index in [1.165, 1.54) is 0 Å². The van der Waals surface area contributed by atoms with Crippen molar-refractivity contribution in [2.75, 3.05) is 5.32 Å². The van der Waals surface area contributed by atoms with Crippen molar-refractivity contribution in [1.82, 2.24) is 4.98 Å². The van der Waals surface area contributed by atoms with Gasteiger partial charge in [0, 0.05) is 15.5 Å². The molecule has 0 fully saturated rings. The van der Waals surface area contributed by atoms with Gasteiger partial charge in [-0.25, -0.2) is 4.98 Å². The number of halogens is 1. The van der Waals surface area contributed by atoms with E-state index in [2.05, 4.69) is 38.4 Å².